The number of allylic oxidation sites excluding steroid dienone is 5. The van der Waals surface area contributed by atoms with E-state index in [0.29, 0.717) is 17.4 Å². The van der Waals surface area contributed by atoms with Gasteiger partial charge in [-0.15, -0.1) is 0 Å². The first-order chi connectivity index (χ1) is 24.5. The van der Waals surface area contributed by atoms with Crippen molar-refractivity contribution in [3.63, 3.8) is 0 Å². The number of rotatable bonds is 37. The van der Waals surface area contributed by atoms with E-state index in [4.69, 9.17) is 9.05 Å². The van der Waals surface area contributed by atoms with Crippen LogP contribution in [0, 0.1) is 0 Å². The van der Waals surface area contributed by atoms with Crippen molar-refractivity contribution < 1.29 is 32.9 Å². The molecule has 3 atom stereocenters. The maximum absolute atomic E-state index is 12.8. The Balaban J connectivity index is 4.52. The Labute approximate surface area is 315 Å². The first kappa shape index (κ1) is 49.7. The van der Waals surface area contributed by atoms with E-state index < -0.39 is 26.6 Å². The minimum atomic E-state index is -4.59. The summed E-state index contributed by atoms with van der Waals surface area (Å²) in [7, 11) is 1.23. The molecule has 0 rings (SSSR count). The third-order valence-electron chi connectivity index (χ3n) is 9.08. The lowest BCUT2D eigenvalue weighted by Gasteiger charge is -2.29. The van der Waals surface area contributed by atoms with Crippen molar-refractivity contribution in [3.05, 3.63) is 36.5 Å². The third kappa shape index (κ3) is 36.9. The second-order valence-corrected chi connectivity index (χ2v) is 16.7. The van der Waals surface area contributed by atoms with Crippen molar-refractivity contribution in [1.82, 2.24) is 5.32 Å². The summed E-state index contributed by atoms with van der Waals surface area (Å²) in [5, 5.41) is 13.7. The number of amides is 1. The fourth-order valence-corrected chi connectivity index (χ4v) is 6.43. The van der Waals surface area contributed by atoms with Crippen LogP contribution < -0.4 is 10.2 Å². The van der Waals surface area contributed by atoms with E-state index in [1.54, 1.807) is 6.08 Å². The Morgan fingerprint density at radius 2 is 1.10 bits per heavy atom. The molecule has 0 saturated heterocycles. The van der Waals surface area contributed by atoms with Crippen molar-refractivity contribution >= 4 is 13.7 Å². The lowest BCUT2D eigenvalue weighted by Crippen LogP contribution is -2.45. The van der Waals surface area contributed by atoms with Gasteiger partial charge in [-0.25, -0.2) is 0 Å². The summed E-state index contributed by atoms with van der Waals surface area (Å²) in [5.41, 5.74) is 0. The van der Waals surface area contributed by atoms with E-state index in [1.165, 1.54) is 109 Å². The Morgan fingerprint density at radius 3 is 1.59 bits per heavy atom. The van der Waals surface area contributed by atoms with Crippen molar-refractivity contribution in [2.75, 3.05) is 40.9 Å². The highest BCUT2D eigenvalue weighted by Gasteiger charge is 2.23. The molecular formula is C42H81N2O6P. The molecule has 300 valence electrons. The zero-order valence-electron chi connectivity index (χ0n) is 33.8. The zero-order chi connectivity index (χ0) is 37.9. The quantitative estimate of drug-likeness (QED) is 0.0284. The van der Waals surface area contributed by atoms with Gasteiger partial charge >= 0.3 is 0 Å². The third-order valence-corrected chi connectivity index (χ3v) is 10.0. The first-order valence-electron chi connectivity index (χ1n) is 20.9. The van der Waals surface area contributed by atoms with Gasteiger partial charge < -0.3 is 28.8 Å². The number of carbonyl (C=O) groups is 1. The van der Waals surface area contributed by atoms with E-state index in [9.17, 15) is 19.4 Å². The molecule has 0 aliphatic rings. The van der Waals surface area contributed by atoms with Crippen LogP contribution in [0.15, 0.2) is 36.5 Å². The Hall–Kier alpha value is -1.28. The molecule has 2 N–H and O–H groups in total. The number of unbranched alkanes of at least 4 members (excludes halogenated alkanes) is 20. The molecule has 0 heterocycles. The van der Waals surface area contributed by atoms with Crippen LogP contribution in [0.1, 0.15) is 174 Å². The summed E-state index contributed by atoms with van der Waals surface area (Å²) in [6, 6.07) is -0.904. The number of aliphatic hydroxyl groups excluding tert-OH is 1. The summed E-state index contributed by atoms with van der Waals surface area (Å²) in [6.07, 6.45) is 40.5. The largest absolute Gasteiger partial charge is 0.756 e. The number of hydrogen-bond donors (Lipinski definition) is 2. The Kier molecular flexibility index (Phi) is 33.6. The number of quaternary nitrogens is 1. The second kappa shape index (κ2) is 34.5. The summed E-state index contributed by atoms with van der Waals surface area (Å²) in [5.74, 6) is -0.215. The standard InChI is InChI=1S/C42H81N2O6P/c1-6-8-10-12-14-16-18-19-20-21-22-23-24-25-26-27-29-31-33-35-41(45)40(39-50-51(47,48)49-38-37-44(3,4)5)43-42(46)36-34-32-30-28-17-15-13-11-9-7-2/h22-23,26-27,33,35,40-41,45H,6-21,24-25,28-32,34,36-39H2,1-5H3,(H-,43,46,47,48)/b23-22+,27-26+,35-33+. The van der Waals surface area contributed by atoms with E-state index in [2.05, 4.69) is 43.5 Å². The molecular weight excluding hydrogens is 659 g/mol. The van der Waals surface area contributed by atoms with Crippen LogP contribution in [-0.4, -0.2) is 68.5 Å². The molecule has 0 fully saturated rings. The number of carbonyl (C=O) groups excluding carboxylic acids is 1. The van der Waals surface area contributed by atoms with Gasteiger partial charge in [0.05, 0.1) is 39.9 Å². The maximum Gasteiger partial charge on any atom is 0.268 e. The fraction of sp³-hybridized carbons (Fsp3) is 0.833. The molecule has 8 nitrogen and oxygen atoms in total. The molecule has 0 aliphatic carbocycles. The van der Waals surface area contributed by atoms with Gasteiger partial charge in [0, 0.05) is 6.42 Å². The average molecular weight is 741 g/mol. The monoisotopic (exact) mass is 741 g/mol. The summed E-state index contributed by atoms with van der Waals surface area (Å²) in [6.45, 7) is 4.58. The highest BCUT2D eigenvalue weighted by molar-refractivity contribution is 7.45. The first-order valence-corrected chi connectivity index (χ1v) is 22.3. The molecule has 0 aromatic heterocycles. The van der Waals surface area contributed by atoms with Gasteiger partial charge in [0.2, 0.25) is 5.91 Å². The summed E-state index contributed by atoms with van der Waals surface area (Å²) in [4.78, 5) is 25.1. The van der Waals surface area contributed by atoms with Gasteiger partial charge in [-0.1, -0.05) is 159 Å². The molecule has 0 aromatic carbocycles. The summed E-state index contributed by atoms with van der Waals surface area (Å²) < 4.78 is 23.1. The molecule has 1 amide bonds. The molecule has 0 spiro atoms. The van der Waals surface area contributed by atoms with E-state index in [1.807, 2.05) is 27.2 Å². The molecule has 0 aromatic rings. The topological polar surface area (TPSA) is 108 Å². The predicted molar refractivity (Wildman–Crippen MR) is 215 cm³/mol. The molecule has 51 heavy (non-hydrogen) atoms. The van der Waals surface area contributed by atoms with E-state index >= 15 is 0 Å². The molecule has 0 aliphatic heterocycles. The number of nitrogens with one attached hydrogen (secondary N) is 1. The van der Waals surface area contributed by atoms with Crippen LogP contribution in [0.25, 0.3) is 0 Å². The molecule has 0 saturated carbocycles. The molecule has 0 bridgehead atoms. The maximum atomic E-state index is 12.8. The number of phosphoric acid groups is 1. The van der Waals surface area contributed by atoms with E-state index in [-0.39, 0.29) is 12.5 Å². The van der Waals surface area contributed by atoms with Crippen LogP contribution in [-0.2, 0) is 18.4 Å². The van der Waals surface area contributed by atoms with Crippen molar-refractivity contribution in [2.24, 2.45) is 0 Å². The van der Waals surface area contributed by atoms with Crippen molar-refractivity contribution in [2.45, 2.75) is 187 Å². The molecule has 9 heteroatoms. The predicted octanol–water partition coefficient (Wildman–Crippen LogP) is 10.5. The van der Waals surface area contributed by atoms with Crippen molar-refractivity contribution in [1.29, 1.82) is 0 Å². The minimum Gasteiger partial charge on any atom is -0.756 e. The highest BCUT2D eigenvalue weighted by atomic mass is 31.2. The smallest absolute Gasteiger partial charge is 0.268 e. The highest BCUT2D eigenvalue weighted by Crippen LogP contribution is 2.38. The minimum absolute atomic E-state index is 0.00827. The van der Waals surface area contributed by atoms with Gasteiger partial charge in [-0.2, -0.15) is 0 Å². The van der Waals surface area contributed by atoms with Gasteiger partial charge in [0.25, 0.3) is 7.82 Å². The Bertz CT molecular complexity index is 933. The van der Waals surface area contributed by atoms with E-state index in [0.717, 1.165) is 44.9 Å². The normalized spacial score (nSPS) is 14.9. The SMILES string of the molecule is CCCCCCCCCCC/C=C/CC/C=C/CC/C=C/C(O)C(COP(=O)([O-])OCC[N+](C)(C)C)NC(=O)CCCCCCCCCCCC. The zero-order valence-corrected chi connectivity index (χ0v) is 34.7. The van der Waals surface area contributed by atoms with Crippen LogP contribution in [0.2, 0.25) is 0 Å². The van der Waals surface area contributed by atoms with Crippen molar-refractivity contribution in [3.8, 4) is 0 Å². The number of phosphoric ester groups is 1. The van der Waals surface area contributed by atoms with Crippen LogP contribution in [0.3, 0.4) is 0 Å². The second-order valence-electron chi connectivity index (χ2n) is 15.3. The number of likely N-dealkylation sites (N-methyl/N-ethyl adjacent to an activating group) is 1. The number of hydrogen-bond acceptors (Lipinski definition) is 6. The van der Waals surface area contributed by atoms with Gasteiger partial charge in [-0.3, -0.25) is 9.36 Å². The lowest BCUT2D eigenvalue weighted by molar-refractivity contribution is -0.870. The number of aliphatic hydroxyl groups is 1. The average Bonchev–Trinajstić information content (AvgIpc) is 3.07. The van der Waals surface area contributed by atoms with Crippen LogP contribution >= 0.6 is 7.82 Å². The molecule has 3 unspecified atom stereocenters. The van der Waals surface area contributed by atoms with Gasteiger partial charge in [0.15, 0.2) is 0 Å². The van der Waals surface area contributed by atoms with Crippen LogP contribution in [0.4, 0.5) is 0 Å². The lowest BCUT2D eigenvalue weighted by atomic mass is 10.1. The van der Waals surface area contributed by atoms with Gasteiger partial charge in [-0.05, 0) is 44.9 Å². The summed E-state index contributed by atoms with van der Waals surface area (Å²) >= 11 is 0. The van der Waals surface area contributed by atoms with Crippen LogP contribution in [0.5, 0.6) is 0 Å². The molecule has 0 radical (unpaired) electrons. The van der Waals surface area contributed by atoms with Gasteiger partial charge in [0.1, 0.15) is 13.2 Å². The fourth-order valence-electron chi connectivity index (χ4n) is 5.71. The number of nitrogens with zero attached hydrogens (tertiary/aromatic N) is 1. The Morgan fingerprint density at radius 1 is 0.667 bits per heavy atom.